The summed E-state index contributed by atoms with van der Waals surface area (Å²) in [6.45, 7) is 6.92. The Morgan fingerprint density at radius 1 is 1.20 bits per heavy atom. The highest BCUT2D eigenvalue weighted by Crippen LogP contribution is 2.46. The van der Waals surface area contributed by atoms with Crippen molar-refractivity contribution in [3.8, 4) is 5.75 Å². The lowest BCUT2D eigenvalue weighted by molar-refractivity contribution is -0.116. The number of aromatic nitrogens is 1. The molecule has 2 atom stereocenters. The number of pyridine rings is 1. The third-order valence-corrected chi connectivity index (χ3v) is 8.49. The van der Waals surface area contributed by atoms with Crippen molar-refractivity contribution in [2.75, 3.05) is 30.9 Å². The van der Waals surface area contributed by atoms with Gasteiger partial charge in [-0.15, -0.1) is 0 Å². The van der Waals surface area contributed by atoms with Gasteiger partial charge in [0.05, 0.1) is 36.1 Å². The molecule has 2 unspecified atom stereocenters. The van der Waals surface area contributed by atoms with E-state index in [1.165, 1.54) is 5.57 Å². The number of allylic oxidation sites excluding steroid dienone is 1. The number of methoxy groups -OCH3 is 1. The number of halogens is 1. The molecule has 40 heavy (non-hydrogen) atoms. The molecular weight excluding hydrogens is 542 g/mol. The third-order valence-electron chi connectivity index (χ3n) is 7.81. The van der Waals surface area contributed by atoms with Crippen LogP contribution in [0.4, 0.5) is 11.4 Å². The molecule has 2 aliphatic heterocycles. The zero-order valence-corrected chi connectivity index (χ0v) is 24.9. The molecule has 0 saturated carbocycles. The van der Waals surface area contributed by atoms with Gasteiger partial charge >= 0.3 is 0 Å². The molecule has 7 nitrogen and oxygen atoms in total. The van der Waals surface area contributed by atoms with Gasteiger partial charge in [0.15, 0.2) is 5.11 Å². The summed E-state index contributed by atoms with van der Waals surface area (Å²) in [5.41, 5.74) is 5.71. The summed E-state index contributed by atoms with van der Waals surface area (Å²) in [5, 5.41) is 7.63. The topological polar surface area (TPSA) is 69.7 Å². The molecule has 3 heterocycles. The van der Waals surface area contributed by atoms with Crippen LogP contribution in [0.15, 0.2) is 66.9 Å². The minimum absolute atomic E-state index is 0.129. The SMILES string of the molecule is COc1ccccc1NC(=O)CCN1C(=S)NC(c2ccccn2)C1c1cc2c(cc1Cl)N(C)C(C)(C)C=C2C. The summed E-state index contributed by atoms with van der Waals surface area (Å²) >= 11 is 12.9. The molecule has 0 spiro atoms. The van der Waals surface area contributed by atoms with Gasteiger partial charge in [0.1, 0.15) is 5.75 Å². The number of fused-ring (bicyclic) bond motifs is 1. The Morgan fingerprint density at radius 3 is 2.67 bits per heavy atom. The zero-order chi connectivity index (χ0) is 28.6. The first-order chi connectivity index (χ1) is 19.1. The fourth-order valence-electron chi connectivity index (χ4n) is 5.58. The Hall–Kier alpha value is -3.62. The molecule has 2 aromatic carbocycles. The van der Waals surface area contributed by atoms with E-state index < -0.39 is 0 Å². The molecule has 0 aliphatic carbocycles. The number of rotatable bonds is 7. The molecule has 0 bridgehead atoms. The molecule has 3 aromatic rings. The second kappa shape index (κ2) is 11.1. The van der Waals surface area contributed by atoms with Gasteiger partial charge in [0.25, 0.3) is 0 Å². The summed E-state index contributed by atoms with van der Waals surface area (Å²) < 4.78 is 5.38. The average molecular weight is 576 g/mol. The number of hydrogen-bond acceptors (Lipinski definition) is 5. The van der Waals surface area contributed by atoms with Crippen LogP contribution in [-0.2, 0) is 4.79 Å². The lowest BCUT2D eigenvalue weighted by atomic mass is 9.86. The van der Waals surface area contributed by atoms with E-state index in [1.54, 1.807) is 13.3 Å². The van der Waals surface area contributed by atoms with Crippen LogP contribution in [0, 0.1) is 0 Å². The minimum Gasteiger partial charge on any atom is -0.495 e. The number of carbonyl (C=O) groups excluding carboxylic acids is 1. The maximum atomic E-state index is 13.0. The number of carbonyl (C=O) groups is 1. The lowest BCUT2D eigenvalue weighted by Crippen LogP contribution is -2.42. The third kappa shape index (κ3) is 5.25. The normalized spacial score (nSPS) is 19.6. The Balaban J connectivity index is 1.49. The number of likely N-dealkylation sites (N-methyl/N-ethyl adjacent to an activating group) is 1. The van der Waals surface area contributed by atoms with Crippen LogP contribution in [0.25, 0.3) is 5.57 Å². The predicted octanol–water partition coefficient (Wildman–Crippen LogP) is 6.38. The van der Waals surface area contributed by atoms with Gasteiger partial charge in [-0.3, -0.25) is 9.78 Å². The average Bonchev–Trinajstić information content (AvgIpc) is 3.26. The molecule has 9 heteroatoms. The highest BCUT2D eigenvalue weighted by Gasteiger charge is 2.41. The second-order valence-electron chi connectivity index (χ2n) is 10.7. The Morgan fingerprint density at radius 2 is 1.95 bits per heavy atom. The van der Waals surface area contributed by atoms with E-state index in [4.69, 9.17) is 28.6 Å². The maximum Gasteiger partial charge on any atom is 0.226 e. The minimum atomic E-state index is -0.257. The molecule has 5 rings (SSSR count). The first-order valence-electron chi connectivity index (χ1n) is 13.3. The number of nitrogens with one attached hydrogen (secondary N) is 2. The number of benzene rings is 2. The number of thiocarbonyl (C=S) groups is 1. The van der Waals surface area contributed by atoms with Crippen LogP contribution in [0.5, 0.6) is 5.75 Å². The summed E-state index contributed by atoms with van der Waals surface area (Å²) in [6, 6.07) is 16.9. The van der Waals surface area contributed by atoms with Gasteiger partial charge in [-0.25, -0.2) is 0 Å². The van der Waals surface area contributed by atoms with Crippen molar-refractivity contribution in [1.29, 1.82) is 0 Å². The van der Waals surface area contributed by atoms with E-state index in [-0.39, 0.29) is 30.0 Å². The van der Waals surface area contributed by atoms with Crippen molar-refractivity contribution in [3.63, 3.8) is 0 Å². The second-order valence-corrected chi connectivity index (χ2v) is 11.5. The van der Waals surface area contributed by atoms with E-state index in [0.717, 1.165) is 22.5 Å². The first-order valence-corrected chi connectivity index (χ1v) is 14.1. The molecular formula is C31H34ClN5O2S. The molecule has 0 radical (unpaired) electrons. The van der Waals surface area contributed by atoms with E-state index >= 15 is 0 Å². The molecule has 1 aromatic heterocycles. The van der Waals surface area contributed by atoms with Crippen LogP contribution in [0.3, 0.4) is 0 Å². The van der Waals surface area contributed by atoms with E-state index in [9.17, 15) is 4.79 Å². The van der Waals surface area contributed by atoms with Gasteiger partial charge in [0.2, 0.25) is 5.91 Å². The van der Waals surface area contributed by atoms with E-state index in [2.05, 4.69) is 65.4 Å². The van der Waals surface area contributed by atoms with Crippen molar-refractivity contribution in [1.82, 2.24) is 15.2 Å². The summed E-state index contributed by atoms with van der Waals surface area (Å²) in [6.07, 6.45) is 4.28. The maximum absolute atomic E-state index is 13.0. The zero-order valence-electron chi connectivity index (χ0n) is 23.4. The van der Waals surface area contributed by atoms with Crippen molar-refractivity contribution < 1.29 is 9.53 Å². The number of amides is 1. The van der Waals surface area contributed by atoms with E-state index in [0.29, 0.717) is 28.1 Å². The van der Waals surface area contributed by atoms with Gasteiger partial charge in [0, 0.05) is 42.5 Å². The van der Waals surface area contributed by atoms with Crippen LogP contribution in [-0.4, -0.2) is 47.1 Å². The summed E-state index contributed by atoms with van der Waals surface area (Å²) in [4.78, 5) is 22.0. The van der Waals surface area contributed by atoms with Crippen molar-refractivity contribution in [2.24, 2.45) is 0 Å². The fraction of sp³-hybridized carbons (Fsp3) is 0.323. The largest absolute Gasteiger partial charge is 0.495 e. The van der Waals surface area contributed by atoms with Crippen LogP contribution in [0.2, 0.25) is 5.02 Å². The quantitative estimate of drug-likeness (QED) is 0.317. The van der Waals surface area contributed by atoms with Crippen molar-refractivity contribution >= 4 is 51.8 Å². The summed E-state index contributed by atoms with van der Waals surface area (Å²) in [7, 11) is 3.67. The Bertz CT molecular complexity index is 1480. The number of para-hydroxylation sites is 2. The van der Waals surface area contributed by atoms with Gasteiger partial charge in [-0.05, 0) is 80.5 Å². The number of hydrogen-bond donors (Lipinski definition) is 2. The van der Waals surface area contributed by atoms with Crippen LogP contribution in [0.1, 0.15) is 56.1 Å². The van der Waals surface area contributed by atoms with E-state index in [1.807, 2.05) is 48.5 Å². The van der Waals surface area contributed by atoms with Crippen molar-refractivity contribution in [2.45, 2.75) is 44.8 Å². The molecule has 2 aliphatic rings. The Kier molecular flexibility index (Phi) is 7.75. The summed E-state index contributed by atoms with van der Waals surface area (Å²) in [5.74, 6) is 0.478. The van der Waals surface area contributed by atoms with Gasteiger partial charge in [-0.1, -0.05) is 35.9 Å². The highest BCUT2D eigenvalue weighted by molar-refractivity contribution is 7.80. The fourth-order valence-corrected chi connectivity index (χ4v) is 6.18. The monoisotopic (exact) mass is 575 g/mol. The first kappa shape index (κ1) is 27.9. The smallest absolute Gasteiger partial charge is 0.226 e. The van der Waals surface area contributed by atoms with Gasteiger partial charge < -0.3 is 25.2 Å². The predicted molar refractivity (Wildman–Crippen MR) is 166 cm³/mol. The standard InChI is InChI=1S/C31H34ClN5O2S/c1-19-18-31(2,3)36(4)25-17-22(32)21(16-20(19)25)29-28(24-11-8-9-14-33-24)35-30(40)37(29)15-13-27(38)34-23-10-6-7-12-26(23)39-5/h6-12,14,16-18,28-29H,13,15H2,1-5H3,(H,34,38)(H,35,40). The molecule has 1 saturated heterocycles. The lowest BCUT2D eigenvalue weighted by Gasteiger charge is -2.41. The number of anilines is 2. The number of ether oxygens (including phenoxy) is 1. The highest BCUT2D eigenvalue weighted by atomic mass is 35.5. The number of nitrogens with zero attached hydrogens (tertiary/aromatic N) is 3. The molecule has 2 N–H and O–H groups in total. The molecule has 208 valence electrons. The molecule has 1 fully saturated rings. The van der Waals surface area contributed by atoms with Crippen molar-refractivity contribution in [3.05, 3.63) is 88.7 Å². The molecule has 1 amide bonds. The van der Waals surface area contributed by atoms with Crippen LogP contribution < -0.4 is 20.3 Å². The van der Waals surface area contributed by atoms with Gasteiger partial charge in [-0.2, -0.15) is 0 Å². The van der Waals surface area contributed by atoms with Crippen LogP contribution >= 0.6 is 23.8 Å². The Labute approximate surface area is 246 Å².